The number of fused-ring (bicyclic) bond motifs is 1. The predicted octanol–water partition coefficient (Wildman–Crippen LogP) is 5.27. The number of aliphatic hydroxyl groups is 1. The fourth-order valence-electron chi connectivity index (χ4n) is 6.40. The van der Waals surface area contributed by atoms with Gasteiger partial charge in [0.05, 0.1) is 22.7 Å². The van der Waals surface area contributed by atoms with Gasteiger partial charge in [-0.25, -0.2) is 9.07 Å². The molecular formula is C32H32F3N5O3. The molecule has 2 unspecified atom stereocenters. The molecule has 2 aromatic heterocycles. The number of benzene rings is 2. The number of carbonyl (C=O) groups excluding carboxylic acids is 2. The SMILES string of the molecule is CC1(C)CN(Cc2ccc(-c3ccn(C(F)F)n3)cc2)CCC1(O)c1ccc2ncc(C3CCC(=O)NC3=O)cc2c1F. The van der Waals surface area contributed by atoms with Gasteiger partial charge in [0.1, 0.15) is 5.82 Å². The van der Waals surface area contributed by atoms with Crippen molar-refractivity contribution in [3.8, 4) is 11.3 Å². The summed E-state index contributed by atoms with van der Waals surface area (Å²) in [5, 5.41) is 18.5. The van der Waals surface area contributed by atoms with Crippen LogP contribution in [0.3, 0.4) is 0 Å². The Balaban J connectivity index is 1.20. The zero-order valence-corrected chi connectivity index (χ0v) is 23.9. The van der Waals surface area contributed by atoms with E-state index >= 15 is 4.39 Å². The van der Waals surface area contributed by atoms with E-state index < -0.39 is 35.2 Å². The third-order valence-corrected chi connectivity index (χ3v) is 8.90. The Hall–Kier alpha value is -4.09. The number of nitrogens with one attached hydrogen (secondary N) is 1. The van der Waals surface area contributed by atoms with E-state index in [4.69, 9.17) is 0 Å². The van der Waals surface area contributed by atoms with Gasteiger partial charge in [0.15, 0.2) is 0 Å². The topological polar surface area (TPSA) is 100 Å². The van der Waals surface area contributed by atoms with Crippen molar-refractivity contribution in [3.63, 3.8) is 0 Å². The van der Waals surface area contributed by atoms with Gasteiger partial charge in [-0.3, -0.25) is 24.8 Å². The molecule has 2 saturated heterocycles. The molecule has 8 nitrogen and oxygen atoms in total. The number of hydrogen-bond donors (Lipinski definition) is 2. The fourth-order valence-corrected chi connectivity index (χ4v) is 6.40. The van der Waals surface area contributed by atoms with Crippen LogP contribution in [0, 0.1) is 11.2 Å². The van der Waals surface area contributed by atoms with Crippen LogP contribution in [0.1, 0.15) is 62.3 Å². The van der Waals surface area contributed by atoms with Crippen LogP contribution in [0.2, 0.25) is 0 Å². The second kappa shape index (κ2) is 10.9. The average molecular weight is 592 g/mol. The second-order valence-corrected chi connectivity index (χ2v) is 12.1. The van der Waals surface area contributed by atoms with Crippen molar-refractivity contribution in [2.24, 2.45) is 5.41 Å². The molecule has 2 N–H and O–H groups in total. The number of rotatable bonds is 6. The second-order valence-electron chi connectivity index (χ2n) is 12.1. The van der Waals surface area contributed by atoms with Crippen molar-refractivity contribution in [1.82, 2.24) is 25.0 Å². The van der Waals surface area contributed by atoms with E-state index in [0.717, 1.165) is 11.1 Å². The maximum absolute atomic E-state index is 16.2. The lowest BCUT2D eigenvalue weighted by Crippen LogP contribution is -2.55. The van der Waals surface area contributed by atoms with Crippen molar-refractivity contribution in [2.45, 2.75) is 57.7 Å². The summed E-state index contributed by atoms with van der Waals surface area (Å²) in [6.45, 7) is 2.77. The summed E-state index contributed by atoms with van der Waals surface area (Å²) < 4.78 is 42.6. The Labute approximate surface area is 246 Å². The van der Waals surface area contributed by atoms with E-state index in [1.165, 1.54) is 6.20 Å². The van der Waals surface area contributed by atoms with Crippen LogP contribution in [0.15, 0.2) is 60.9 Å². The molecule has 4 heterocycles. The minimum Gasteiger partial charge on any atom is -0.384 e. The molecule has 2 fully saturated rings. The number of pyridine rings is 1. The van der Waals surface area contributed by atoms with E-state index in [-0.39, 0.29) is 23.3 Å². The summed E-state index contributed by atoms with van der Waals surface area (Å²) in [7, 11) is 0. The summed E-state index contributed by atoms with van der Waals surface area (Å²) in [4.78, 5) is 30.6. The standard InChI is InChI=1S/C32H32F3N5O3/c1-31(2)18-39(17-19-3-5-20(6-4-19)25-11-13-40(38-25)30(34)35)14-12-32(31,43)24-8-9-26-23(28(24)33)15-21(16-36-26)22-7-10-27(41)37-29(22)42/h3-6,8-9,11,13,15-16,22,30,43H,7,10,12,14,17-18H2,1-2H3,(H,37,41,42). The van der Waals surface area contributed by atoms with Gasteiger partial charge < -0.3 is 5.11 Å². The van der Waals surface area contributed by atoms with Gasteiger partial charge >= 0.3 is 6.55 Å². The number of imide groups is 1. The maximum Gasteiger partial charge on any atom is 0.333 e. The highest BCUT2D eigenvalue weighted by molar-refractivity contribution is 6.01. The predicted molar refractivity (Wildman–Crippen MR) is 153 cm³/mol. The summed E-state index contributed by atoms with van der Waals surface area (Å²) in [6, 6.07) is 14.0. The van der Waals surface area contributed by atoms with Gasteiger partial charge in [0.25, 0.3) is 0 Å². The number of halogens is 3. The number of hydrogen-bond acceptors (Lipinski definition) is 6. The van der Waals surface area contributed by atoms with E-state index in [1.54, 1.807) is 30.5 Å². The molecule has 4 aromatic rings. The van der Waals surface area contributed by atoms with Crippen molar-refractivity contribution in [2.75, 3.05) is 13.1 Å². The van der Waals surface area contributed by atoms with Crippen molar-refractivity contribution in [1.29, 1.82) is 0 Å². The first kappa shape index (κ1) is 29.0. The van der Waals surface area contributed by atoms with Gasteiger partial charge in [-0.05, 0) is 42.2 Å². The first-order valence-electron chi connectivity index (χ1n) is 14.2. The zero-order valence-electron chi connectivity index (χ0n) is 23.9. The molecule has 0 radical (unpaired) electrons. The van der Waals surface area contributed by atoms with Gasteiger partial charge in [-0.15, -0.1) is 0 Å². The summed E-state index contributed by atoms with van der Waals surface area (Å²) in [5.41, 5.74) is 1.17. The molecule has 2 aromatic carbocycles. The highest BCUT2D eigenvalue weighted by atomic mass is 19.3. The Morgan fingerprint density at radius 2 is 1.88 bits per heavy atom. The molecular weight excluding hydrogens is 559 g/mol. The van der Waals surface area contributed by atoms with E-state index in [9.17, 15) is 23.5 Å². The average Bonchev–Trinajstić information content (AvgIpc) is 3.47. The minimum atomic E-state index is -2.69. The molecule has 2 aliphatic rings. The third kappa shape index (κ3) is 5.31. The molecule has 0 bridgehead atoms. The molecule has 43 heavy (non-hydrogen) atoms. The lowest BCUT2D eigenvalue weighted by atomic mass is 9.66. The number of likely N-dealkylation sites (tertiary alicyclic amines) is 1. The molecule has 2 amide bonds. The lowest BCUT2D eigenvalue weighted by Gasteiger charge is -2.50. The van der Waals surface area contributed by atoms with Crippen LogP contribution in [0.25, 0.3) is 22.2 Å². The van der Waals surface area contributed by atoms with Crippen LogP contribution in [0.5, 0.6) is 0 Å². The number of piperidine rings is 2. The molecule has 0 spiro atoms. The number of amides is 2. The van der Waals surface area contributed by atoms with E-state index in [1.807, 2.05) is 38.1 Å². The third-order valence-electron chi connectivity index (χ3n) is 8.90. The van der Waals surface area contributed by atoms with Gasteiger partial charge in [0.2, 0.25) is 11.8 Å². The minimum absolute atomic E-state index is 0.194. The highest BCUT2D eigenvalue weighted by Crippen LogP contribution is 2.48. The van der Waals surface area contributed by atoms with Gasteiger partial charge in [-0.1, -0.05) is 44.2 Å². The summed E-state index contributed by atoms with van der Waals surface area (Å²) >= 11 is 0. The van der Waals surface area contributed by atoms with Crippen molar-refractivity contribution >= 4 is 22.7 Å². The number of carbonyl (C=O) groups is 2. The molecule has 224 valence electrons. The molecule has 11 heteroatoms. The van der Waals surface area contributed by atoms with Gasteiger partial charge in [0, 0.05) is 60.4 Å². The first-order valence-corrected chi connectivity index (χ1v) is 14.2. The van der Waals surface area contributed by atoms with Crippen LogP contribution in [-0.2, 0) is 21.7 Å². The molecule has 0 aliphatic carbocycles. The molecule has 2 aliphatic heterocycles. The Bertz CT molecular complexity index is 1700. The fraction of sp³-hybridized carbons (Fsp3) is 0.375. The lowest BCUT2D eigenvalue weighted by molar-refractivity contribution is -0.134. The number of alkyl halides is 2. The molecule has 0 saturated carbocycles. The molecule has 6 rings (SSSR count). The van der Waals surface area contributed by atoms with E-state index in [2.05, 4.69) is 20.3 Å². The normalized spacial score (nSPS) is 22.7. The van der Waals surface area contributed by atoms with Crippen molar-refractivity contribution in [3.05, 3.63) is 83.4 Å². The van der Waals surface area contributed by atoms with Crippen LogP contribution in [-0.4, -0.2) is 49.7 Å². The van der Waals surface area contributed by atoms with Crippen LogP contribution in [0.4, 0.5) is 13.2 Å². The van der Waals surface area contributed by atoms with E-state index in [0.29, 0.717) is 53.9 Å². The quantitative estimate of drug-likeness (QED) is 0.297. The monoisotopic (exact) mass is 591 g/mol. The first-order chi connectivity index (χ1) is 20.4. The highest BCUT2D eigenvalue weighted by Gasteiger charge is 2.50. The molecule has 2 atom stereocenters. The maximum atomic E-state index is 16.2. The summed E-state index contributed by atoms with van der Waals surface area (Å²) in [6.07, 6.45) is 3.63. The Kier molecular flexibility index (Phi) is 7.34. The number of nitrogens with zero attached hydrogens (tertiary/aromatic N) is 4. The smallest absolute Gasteiger partial charge is 0.333 e. The summed E-state index contributed by atoms with van der Waals surface area (Å²) in [5.74, 6) is -1.90. The largest absolute Gasteiger partial charge is 0.384 e. The Morgan fingerprint density at radius 3 is 2.56 bits per heavy atom. The number of aromatic nitrogens is 3. The van der Waals surface area contributed by atoms with Crippen LogP contribution < -0.4 is 5.32 Å². The zero-order chi connectivity index (χ0) is 30.5. The van der Waals surface area contributed by atoms with Gasteiger partial charge in [-0.2, -0.15) is 13.9 Å². The van der Waals surface area contributed by atoms with Crippen molar-refractivity contribution < 1.29 is 27.9 Å². The van der Waals surface area contributed by atoms with Crippen LogP contribution >= 0.6 is 0 Å². The Morgan fingerprint density at radius 1 is 1.12 bits per heavy atom.